The number of aryl methyl sites for hydroxylation is 1. The number of rotatable bonds is 8. The molecule has 4 rings (SSSR count). The van der Waals surface area contributed by atoms with Crippen molar-refractivity contribution < 1.29 is 19.2 Å². The van der Waals surface area contributed by atoms with Crippen LogP contribution in [0, 0.1) is 17.0 Å². The molecule has 168 valence electrons. The average Bonchev–Trinajstić information content (AvgIpc) is 3.30. The quantitative estimate of drug-likeness (QED) is 0.265. The standard InChI is InChI=1S/C21H24N6O5/c1-4-24(5-2)20-13(3)22-23-26(20)17-10-16-11-18(28)25(16)19(17)21(29)32-12-14-6-8-15(9-7-14)27(30)31/h6-9,16H,4-5,10-12H2,1-3H3/t16-/m1/s1. The number of β-lactam (4-membered cyclic amide) rings is 1. The Bertz CT molecular complexity index is 1100. The molecule has 2 aliphatic rings. The molecule has 1 saturated heterocycles. The van der Waals surface area contributed by atoms with Crippen molar-refractivity contribution >= 4 is 29.1 Å². The van der Waals surface area contributed by atoms with Gasteiger partial charge in [-0.2, -0.15) is 4.68 Å². The zero-order chi connectivity index (χ0) is 23.0. The van der Waals surface area contributed by atoms with Gasteiger partial charge in [0.1, 0.15) is 12.3 Å². The number of amides is 1. The van der Waals surface area contributed by atoms with Crippen molar-refractivity contribution in [3.8, 4) is 0 Å². The maximum absolute atomic E-state index is 13.1. The second kappa shape index (κ2) is 8.40. The van der Waals surface area contributed by atoms with Gasteiger partial charge in [-0.15, -0.1) is 5.10 Å². The molecule has 0 spiro atoms. The predicted octanol–water partition coefficient (Wildman–Crippen LogP) is 2.26. The first-order valence-corrected chi connectivity index (χ1v) is 10.5. The molecule has 2 aliphatic heterocycles. The minimum atomic E-state index is -0.632. The molecule has 0 N–H and O–H groups in total. The molecule has 1 atom stereocenters. The molecule has 1 aromatic carbocycles. The molecule has 2 aromatic rings. The number of carbonyl (C=O) groups excluding carboxylic acids is 2. The Hall–Kier alpha value is -3.76. The summed E-state index contributed by atoms with van der Waals surface area (Å²) < 4.78 is 7.14. The number of anilines is 1. The van der Waals surface area contributed by atoms with Crippen LogP contribution < -0.4 is 4.90 Å². The number of non-ortho nitro benzene ring substituents is 1. The fourth-order valence-corrected chi connectivity index (χ4v) is 4.17. The van der Waals surface area contributed by atoms with Gasteiger partial charge in [0.2, 0.25) is 5.91 Å². The van der Waals surface area contributed by atoms with E-state index in [0.717, 1.165) is 24.6 Å². The Balaban J connectivity index is 1.63. The normalized spacial score (nSPS) is 17.3. The zero-order valence-corrected chi connectivity index (χ0v) is 18.1. The largest absolute Gasteiger partial charge is 0.456 e. The van der Waals surface area contributed by atoms with Crippen molar-refractivity contribution in [1.82, 2.24) is 19.9 Å². The van der Waals surface area contributed by atoms with Crippen molar-refractivity contribution in [1.29, 1.82) is 0 Å². The van der Waals surface area contributed by atoms with Gasteiger partial charge in [0.25, 0.3) is 5.69 Å². The minimum Gasteiger partial charge on any atom is -0.456 e. The highest BCUT2D eigenvalue weighted by Crippen LogP contribution is 2.42. The zero-order valence-electron chi connectivity index (χ0n) is 18.1. The predicted molar refractivity (Wildman–Crippen MR) is 114 cm³/mol. The molecule has 3 heterocycles. The first-order chi connectivity index (χ1) is 15.3. The van der Waals surface area contributed by atoms with Crippen LogP contribution in [0.5, 0.6) is 0 Å². The van der Waals surface area contributed by atoms with Crippen molar-refractivity contribution in [2.75, 3.05) is 18.0 Å². The molecule has 0 bridgehead atoms. The first kappa shape index (κ1) is 21.5. The van der Waals surface area contributed by atoms with Gasteiger partial charge in [-0.05, 0) is 38.5 Å². The third-order valence-electron chi connectivity index (χ3n) is 5.82. The highest BCUT2D eigenvalue weighted by atomic mass is 16.6. The average molecular weight is 440 g/mol. The van der Waals surface area contributed by atoms with Crippen molar-refractivity contribution in [2.45, 2.75) is 46.3 Å². The summed E-state index contributed by atoms with van der Waals surface area (Å²) in [6, 6.07) is 5.69. The fourth-order valence-electron chi connectivity index (χ4n) is 4.17. The molecule has 11 heteroatoms. The van der Waals surface area contributed by atoms with E-state index in [1.807, 2.05) is 20.8 Å². The summed E-state index contributed by atoms with van der Waals surface area (Å²) in [7, 11) is 0. The lowest BCUT2D eigenvalue weighted by Crippen LogP contribution is -2.49. The molecule has 11 nitrogen and oxygen atoms in total. The SMILES string of the molecule is CCN(CC)c1c(C)nnn1C1=C(C(=O)OCc2ccc([N+](=O)[O-])cc2)N2C(=O)C[C@H]2C1. The lowest BCUT2D eigenvalue weighted by Gasteiger charge is -2.35. The van der Waals surface area contributed by atoms with Gasteiger partial charge >= 0.3 is 5.97 Å². The number of esters is 1. The summed E-state index contributed by atoms with van der Waals surface area (Å²) in [4.78, 5) is 39.3. The summed E-state index contributed by atoms with van der Waals surface area (Å²) in [6.07, 6.45) is 0.863. The Morgan fingerprint density at radius 3 is 2.53 bits per heavy atom. The van der Waals surface area contributed by atoms with E-state index in [-0.39, 0.29) is 29.9 Å². The summed E-state index contributed by atoms with van der Waals surface area (Å²) in [5.41, 5.74) is 2.08. The Labute approximate surface area is 184 Å². The molecule has 1 aromatic heterocycles. The second-order valence-corrected chi connectivity index (χ2v) is 7.70. The Morgan fingerprint density at radius 1 is 1.25 bits per heavy atom. The molecule has 1 fully saturated rings. The first-order valence-electron chi connectivity index (χ1n) is 10.5. The van der Waals surface area contributed by atoms with Gasteiger partial charge < -0.3 is 14.5 Å². The molecule has 1 amide bonds. The molecular weight excluding hydrogens is 416 g/mol. The number of carbonyl (C=O) groups is 2. The highest BCUT2D eigenvalue weighted by molar-refractivity contribution is 6.03. The second-order valence-electron chi connectivity index (χ2n) is 7.70. The molecule has 32 heavy (non-hydrogen) atoms. The smallest absolute Gasteiger partial charge is 0.357 e. The molecule has 0 radical (unpaired) electrons. The van der Waals surface area contributed by atoms with E-state index in [4.69, 9.17) is 4.74 Å². The van der Waals surface area contributed by atoms with Gasteiger partial charge in [0.05, 0.1) is 16.7 Å². The van der Waals surface area contributed by atoms with Crippen LogP contribution in [0.25, 0.3) is 5.70 Å². The van der Waals surface area contributed by atoms with Gasteiger partial charge in [-0.1, -0.05) is 5.21 Å². The van der Waals surface area contributed by atoms with Crippen molar-refractivity contribution in [3.63, 3.8) is 0 Å². The summed E-state index contributed by atoms with van der Waals surface area (Å²) in [5, 5.41) is 19.3. The van der Waals surface area contributed by atoms with Crippen molar-refractivity contribution in [2.24, 2.45) is 0 Å². The van der Waals surface area contributed by atoms with Gasteiger partial charge in [0.15, 0.2) is 11.5 Å². The van der Waals surface area contributed by atoms with Crippen LogP contribution in [0.3, 0.4) is 0 Å². The van der Waals surface area contributed by atoms with Gasteiger partial charge in [-0.3, -0.25) is 14.9 Å². The lowest BCUT2D eigenvalue weighted by molar-refractivity contribution is -0.384. The van der Waals surface area contributed by atoms with Crippen molar-refractivity contribution in [3.05, 3.63) is 51.3 Å². The molecular formula is C21H24N6O5. The van der Waals surface area contributed by atoms with Gasteiger partial charge in [0, 0.05) is 38.1 Å². The number of ether oxygens (including phenoxy) is 1. The van der Waals surface area contributed by atoms with E-state index in [1.165, 1.54) is 29.2 Å². The molecule has 0 aliphatic carbocycles. The van der Waals surface area contributed by atoms with Crippen LogP contribution >= 0.6 is 0 Å². The Morgan fingerprint density at radius 2 is 1.94 bits per heavy atom. The van der Waals surface area contributed by atoms with Gasteiger partial charge in [-0.25, -0.2) is 4.79 Å². The number of aromatic nitrogens is 3. The lowest BCUT2D eigenvalue weighted by atomic mass is 10.0. The molecule has 0 unspecified atom stereocenters. The third kappa shape index (κ3) is 3.59. The van der Waals surface area contributed by atoms with E-state index < -0.39 is 10.9 Å². The van der Waals surface area contributed by atoms with Crippen LogP contribution in [0.4, 0.5) is 11.5 Å². The Kier molecular flexibility index (Phi) is 5.64. The number of fused-ring (bicyclic) bond motifs is 1. The third-order valence-corrected chi connectivity index (χ3v) is 5.82. The minimum absolute atomic E-state index is 0.0413. The fraction of sp³-hybridized carbons (Fsp3) is 0.429. The maximum atomic E-state index is 13.1. The summed E-state index contributed by atoms with van der Waals surface area (Å²) in [6.45, 7) is 7.33. The topological polar surface area (TPSA) is 124 Å². The highest BCUT2D eigenvalue weighted by Gasteiger charge is 2.49. The number of nitro groups is 1. The maximum Gasteiger partial charge on any atom is 0.357 e. The van der Waals surface area contributed by atoms with Crippen LogP contribution in [-0.2, 0) is 20.9 Å². The number of nitro benzene ring substituents is 1. The van der Waals surface area contributed by atoms with E-state index in [2.05, 4.69) is 15.2 Å². The molecule has 0 saturated carbocycles. The van der Waals surface area contributed by atoms with Crippen LogP contribution in [0.15, 0.2) is 30.0 Å². The number of hydrogen-bond acceptors (Lipinski definition) is 8. The number of nitrogens with zero attached hydrogens (tertiary/aromatic N) is 6. The van der Waals surface area contributed by atoms with Crippen LogP contribution in [0.2, 0.25) is 0 Å². The number of benzene rings is 1. The summed E-state index contributed by atoms with van der Waals surface area (Å²) in [5.74, 6) is 0.0293. The van der Waals surface area contributed by atoms with E-state index >= 15 is 0 Å². The summed E-state index contributed by atoms with van der Waals surface area (Å²) >= 11 is 0. The monoisotopic (exact) mass is 440 g/mol. The number of hydrogen-bond donors (Lipinski definition) is 0. The van der Waals surface area contributed by atoms with E-state index in [0.29, 0.717) is 24.1 Å². The van der Waals surface area contributed by atoms with Crippen LogP contribution in [-0.4, -0.2) is 55.8 Å². The van der Waals surface area contributed by atoms with E-state index in [9.17, 15) is 19.7 Å². The van der Waals surface area contributed by atoms with E-state index in [1.54, 1.807) is 4.68 Å². The van der Waals surface area contributed by atoms with Crippen LogP contribution in [0.1, 0.15) is 37.9 Å².